The molecule has 0 aliphatic heterocycles. The second-order valence-electron chi connectivity index (χ2n) is 4.57. The van der Waals surface area contributed by atoms with Crippen molar-refractivity contribution in [1.29, 1.82) is 0 Å². The molecule has 0 radical (unpaired) electrons. The highest BCUT2D eigenvalue weighted by Crippen LogP contribution is 2.29. The Labute approximate surface area is 131 Å². The van der Waals surface area contributed by atoms with E-state index in [1.54, 1.807) is 17.6 Å². The number of nitrogens with one attached hydrogen (secondary N) is 1. The highest BCUT2D eigenvalue weighted by molar-refractivity contribution is 7.09. The van der Waals surface area contributed by atoms with E-state index in [1.807, 2.05) is 36.4 Å². The third-order valence-corrected chi connectivity index (χ3v) is 4.40. The summed E-state index contributed by atoms with van der Waals surface area (Å²) in [6.45, 7) is 0. The van der Waals surface area contributed by atoms with Crippen molar-refractivity contribution < 1.29 is 4.42 Å². The van der Waals surface area contributed by atoms with Crippen molar-refractivity contribution in [3.8, 4) is 11.3 Å². The van der Waals surface area contributed by atoms with Crippen LogP contribution >= 0.6 is 22.9 Å². The number of rotatable bonds is 5. The maximum Gasteiger partial charge on any atom is 0.197 e. The first-order valence-corrected chi connectivity index (χ1v) is 7.72. The molecule has 1 unspecified atom stereocenters. The van der Waals surface area contributed by atoms with Crippen LogP contribution in [0.4, 0.5) is 0 Å². The summed E-state index contributed by atoms with van der Waals surface area (Å²) in [6.07, 6.45) is 2.21. The molecule has 0 amide bonds. The van der Waals surface area contributed by atoms with E-state index >= 15 is 0 Å². The summed E-state index contributed by atoms with van der Waals surface area (Å²) in [7, 11) is 0. The minimum Gasteiger partial charge on any atom is -0.453 e. The first kappa shape index (κ1) is 14.3. The Hall–Kier alpha value is -1.66. The number of hydrogen-bond donors (Lipinski definition) is 2. The van der Waals surface area contributed by atoms with E-state index in [1.165, 1.54) is 0 Å². The van der Waals surface area contributed by atoms with Crippen LogP contribution in [0.15, 0.2) is 52.5 Å². The molecule has 6 heteroatoms. The molecule has 0 saturated heterocycles. The number of hydrogen-bond acceptors (Lipinski definition) is 5. The van der Waals surface area contributed by atoms with Gasteiger partial charge in [0.15, 0.2) is 5.22 Å². The zero-order valence-corrected chi connectivity index (χ0v) is 12.7. The smallest absolute Gasteiger partial charge is 0.197 e. The summed E-state index contributed by atoms with van der Waals surface area (Å²) in [5.41, 5.74) is 5.69. The van der Waals surface area contributed by atoms with Gasteiger partial charge in [-0.1, -0.05) is 30.3 Å². The van der Waals surface area contributed by atoms with Crippen LogP contribution in [0.25, 0.3) is 11.3 Å². The molecule has 0 aliphatic carbocycles. The molecule has 0 aliphatic rings. The van der Waals surface area contributed by atoms with Crippen molar-refractivity contribution in [2.24, 2.45) is 5.84 Å². The number of hydrazine groups is 1. The SMILES string of the molecule is NNC(Cc1nc(-c2ccccc2)cs1)c1ccoc1Cl. The van der Waals surface area contributed by atoms with Gasteiger partial charge in [0, 0.05) is 22.9 Å². The van der Waals surface area contributed by atoms with E-state index in [0.717, 1.165) is 21.8 Å². The lowest BCUT2D eigenvalue weighted by Gasteiger charge is -2.12. The van der Waals surface area contributed by atoms with Crippen LogP contribution in [0.2, 0.25) is 5.22 Å². The Kier molecular flexibility index (Phi) is 4.36. The highest BCUT2D eigenvalue weighted by atomic mass is 35.5. The van der Waals surface area contributed by atoms with Crippen LogP contribution in [0, 0.1) is 0 Å². The summed E-state index contributed by atoms with van der Waals surface area (Å²) in [6, 6.07) is 11.8. The summed E-state index contributed by atoms with van der Waals surface area (Å²) < 4.78 is 5.11. The zero-order valence-electron chi connectivity index (χ0n) is 11.1. The van der Waals surface area contributed by atoms with Gasteiger partial charge in [-0.3, -0.25) is 11.3 Å². The van der Waals surface area contributed by atoms with Crippen LogP contribution < -0.4 is 11.3 Å². The number of nitrogens with two attached hydrogens (primary N) is 1. The third-order valence-electron chi connectivity index (χ3n) is 3.22. The fourth-order valence-corrected chi connectivity index (χ4v) is 3.23. The molecule has 0 fully saturated rings. The molecule has 4 nitrogen and oxygen atoms in total. The number of aromatic nitrogens is 1. The van der Waals surface area contributed by atoms with Gasteiger partial charge < -0.3 is 4.42 Å². The van der Waals surface area contributed by atoms with E-state index in [9.17, 15) is 0 Å². The molecular formula is C15H14ClN3OS. The molecule has 1 aromatic carbocycles. The topological polar surface area (TPSA) is 64.1 Å². The predicted molar refractivity (Wildman–Crippen MR) is 85.0 cm³/mol. The van der Waals surface area contributed by atoms with E-state index in [-0.39, 0.29) is 6.04 Å². The van der Waals surface area contributed by atoms with Crippen molar-refractivity contribution in [2.75, 3.05) is 0 Å². The predicted octanol–water partition coefficient (Wildman–Crippen LogP) is 3.80. The highest BCUT2D eigenvalue weighted by Gasteiger charge is 2.18. The lowest BCUT2D eigenvalue weighted by molar-refractivity contribution is 0.526. The van der Waals surface area contributed by atoms with Crippen LogP contribution in [0.5, 0.6) is 0 Å². The van der Waals surface area contributed by atoms with Crippen molar-refractivity contribution >= 4 is 22.9 Å². The Morgan fingerprint density at radius 2 is 2.10 bits per heavy atom. The summed E-state index contributed by atoms with van der Waals surface area (Å²) in [4.78, 5) is 4.66. The summed E-state index contributed by atoms with van der Waals surface area (Å²) in [5, 5.41) is 3.40. The fourth-order valence-electron chi connectivity index (χ4n) is 2.13. The number of thiazole rings is 1. The number of furan rings is 1. The molecule has 21 heavy (non-hydrogen) atoms. The molecule has 108 valence electrons. The molecule has 3 N–H and O–H groups in total. The van der Waals surface area contributed by atoms with E-state index < -0.39 is 0 Å². The Bertz CT molecular complexity index is 711. The third kappa shape index (κ3) is 3.16. The molecular weight excluding hydrogens is 306 g/mol. The fraction of sp³-hybridized carbons (Fsp3) is 0.133. The largest absolute Gasteiger partial charge is 0.453 e. The normalized spacial score (nSPS) is 12.5. The first-order valence-electron chi connectivity index (χ1n) is 6.47. The molecule has 0 saturated carbocycles. The second-order valence-corrected chi connectivity index (χ2v) is 5.85. The number of benzene rings is 1. The number of halogens is 1. The molecule has 3 aromatic rings. The van der Waals surface area contributed by atoms with Crippen LogP contribution in [0.1, 0.15) is 16.6 Å². The summed E-state index contributed by atoms with van der Waals surface area (Å²) in [5.74, 6) is 5.63. The lowest BCUT2D eigenvalue weighted by atomic mass is 10.1. The van der Waals surface area contributed by atoms with Gasteiger partial charge in [0.1, 0.15) is 0 Å². The molecule has 2 heterocycles. The molecule has 2 aromatic heterocycles. The molecule has 0 spiro atoms. The average molecular weight is 320 g/mol. The van der Waals surface area contributed by atoms with Crippen molar-refractivity contribution in [1.82, 2.24) is 10.4 Å². The van der Waals surface area contributed by atoms with Gasteiger partial charge in [-0.25, -0.2) is 4.98 Å². The van der Waals surface area contributed by atoms with Gasteiger partial charge >= 0.3 is 0 Å². The van der Waals surface area contributed by atoms with Crippen LogP contribution in [0.3, 0.4) is 0 Å². The van der Waals surface area contributed by atoms with Gasteiger partial charge in [-0.05, 0) is 17.7 Å². The minimum absolute atomic E-state index is 0.119. The first-order chi connectivity index (χ1) is 10.3. The number of nitrogens with zero attached hydrogens (tertiary/aromatic N) is 1. The lowest BCUT2D eigenvalue weighted by Crippen LogP contribution is -2.29. The van der Waals surface area contributed by atoms with Crippen molar-refractivity contribution in [3.63, 3.8) is 0 Å². The second kappa shape index (κ2) is 6.41. The van der Waals surface area contributed by atoms with Crippen LogP contribution in [-0.2, 0) is 6.42 Å². The molecule has 0 bridgehead atoms. The van der Waals surface area contributed by atoms with Gasteiger partial charge in [0.05, 0.1) is 23.0 Å². The summed E-state index contributed by atoms with van der Waals surface area (Å²) >= 11 is 7.61. The van der Waals surface area contributed by atoms with Crippen molar-refractivity contribution in [3.05, 3.63) is 63.8 Å². The quantitative estimate of drug-likeness (QED) is 0.554. The van der Waals surface area contributed by atoms with E-state index in [2.05, 4.69) is 15.8 Å². The maximum atomic E-state index is 6.00. The minimum atomic E-state index is -0.119. The Morgan fingerprint density at radius 3 is 2.76 bits per heavy atom. The van der Waals surface area contributed by atoms with E-state index in [0.29, 0.717) is 11.6 Å². The van der Waals surface area contributed by atoms with Gasteiger partial charge in [-0.15, -0.1) is 11.3 Å². The van der Waals surface area contributed by atoms with Crippen molar-refractivity contribution in [2.45, 2.75) is 12.5 Å². The maximum absolute atomic E-state index is 6.00. The van der Waals surface area contributed by atoms with Gasteiger partial charge in [-0.2, -0.15) is 0 Å². The van der Waals surface area contributed by atoms with E-state index in [4.69, 9.17) is 21.9 Å². The average Bonchev–Trinajstić information content (AvgIpc) is 3.15. The molecule has 3 rings (SSSR count). The van der Waals surface area contributed by atoms with Gasteiger partial charge in [0.2, 0.25) is 0 Å². The zero-order chi connectivity index (χ0) is 14.7. The van der Waals surface area contributed by atoms with Crippen LogP contribution in [-0.4, -0.2) is 4.98 Å². The molecule has 1 atom stereocenters. The Morgan fingerprint density at radius 1 is 1.29 bits per heavy atom. The standard InChI is InChI=1S/C15H14ClN3OS/c16-15-11(6-7-20-15)12(19-17)8-14-18-13(9-21-14)10-4-2-1-3-5-10/h1-7,9,12,19H,8,17H2. The monoisotopic (exact) mass is 319 g/mol. The Balaban J connectivity index is 1.79. The van der Waals surface area contributed by atoms with Gasteiger partial charge in [0.25, 0.3) is 0 Å².